The molecule has 0 unspecified atom stereocenters. The molecular formula is C25H32N8O3. The summed E-state index contributed by atoms with van der Waals surface area (Å²) in [5.74, 6) is 0.673. The lowest BCUT2D eigenvalue weighted by Crippen LogP contribution is -2.55. The molecule has 1 fully saturated rings. The summed E-state index contributed by atoms with van der Waals surface area (Å²) in [5.41, 5.74) is 3.89. The lowest BCUT2D eigenvalue weighted by Gasteiger charge is -2.41. The van der Waals surface area contributed by atoms with Gasteiger partial charge in [0.1, 0.15) is 17.7 Å². The Hall–Kier alpha value is -3.89. The van der Waals surface area contributed by atoms with Crippen LogP contribution in [0.2, 0.25) is 0 Å². The van der Waals surface area contributed by atoms with Gasteiger partial charge in [0.2, 0.25) is 0 Å². The Morgan fingerprint density at radius 2 is 1.97 bits per heavy atom. The highest BCUT2D eigenvalue weighted by Crippen LogP contribution is 2.35. The van der Waals surface area contributed by atoms with E-state index in [1.165, 1.54) is 6.33 Å². The summed E-state index contributed by atoms with van der Waals surface area (Å²) in [6.07, 6.45) is 5.43. The Balaban J connectivity index is 1.31. The minimum atomic E-state index is -0.524. The van der Waals surface area contributed by atoms with Gasteiger partial charge in [-0.3, -0.25) is 4.90 Å². The molecule has 0 aromatic carbocycles. The number of nitrogens with one attached hydrogen (secondary N) is 1. The highest BCUT2D eigenvalue weighted by Gasteiger charge is 2.34. The van der Waals surface area contributed by atoms with E-state index in [9.17, 15) is 9.59 Å². The van der Waals surface area contributed by atoms with E-state index in [0.717, 1.165) is 22.5 Å². The number of anilines is 3. The fraction of sp³-hybridized carbons (Fsp3) is 0.480. The van der Waals surface area contributed by atoms with E-state index < -0.39 is 5.60 Å². The van der Waals surface area contributed by atoms with Crippen LogP contribution >= 0.6 is 0 Å². The molecule has 3 aromatic heterocycles. The first-order valence-electron chi connectivity index (χ1n) is 12.2. The molecule has 3 aromatic rings. The van der Waals surface area contributed by atoms with Crippen LogP contribution in [0.1, 0.15) is 38.8 Å². The molecule has 5 heterocycles. The first-order valence-corrected chi connectivity index (χ1v) is 12.2. The zero-order valence-corrected chi connectivity index (χ0v) is 21.4. The van der Waals surface area contributed by atoms with Gasteiger partial charge in [0.05, 0.1) is 11.9 Å². The lowest BCUT2D eigenvalue weighted by molar-refractivity contribution is 0.0159. The number of hydrogen-bond acceptors (Lipinski definition) is 7. The molecule has 5 rings (SSSR count). The molecule has 0 spiro atoms. The number of aryl methyl sites for hydroxylation is 1. The summed E-state index contributed by atoms with van der Waals surface area (Å²) in [7, 11) is 0. The van der Waals surface area contributed by atoms with Crippen LogP contribution in [0, 0.1) is 6.92 Å². The topological polar surface area (TPSA) is 108 Å². The van der Waals surface area contributed by atoms with E-state index >= 15 is 0 Å². The van der Waals surface area contributed by atoms with E-state index in [1.54, 1.807) is 26.7 Å². The zero-order chi connectivity index (χ0) is 25.6. The van der Waals surface area contributed by atoms with Crippen LogP contribution in [0.5, 0.6) is 0 Å². The Morgan fingerprint density at radius 3 is 2.72 bits per heavy atom. The van der Waals surface area contributed by atoms with Crippen molar-refractivity contribution in [3.63, 3.8) is 0 Å². The van der Waals surface area contributed by atoms with Crippen molar-refractivity contribution in [1.29, 1.82) is 0 Å². The van der Waals surface area contributed by atoms with Gasteiger partial charge in [-0.1, -0.05) is 0 Å². The van der Waals surface area contributed by atoms with Gasteiger partial charge in [-0.05, 0) is 58.7 Å². The van der Waals surface area contributed by atoms with Gasteiger partial charge in [-0.15, -0.1) is 0 Å². The maximum Gasteiger partial charge on any atom is 0.410 e. The maximum atomic E-state index is 13.2. The first-order chi connectivity index (χ1) is 17.1. The smallest absolute Gasteiger partial charge is 0.410 e. The summed E-state index contributed by atoms with van der Waals surface area (Å²) >= 11 is 0. The molecular weight excluding hydrogens is 460 g/mol. The Kier molecular flexibility index (Phi) is 5.93. The number of pyridine rings is 2. The number of amides is 3. The van der Waals surface area contributed by atoms with Crippen LogP contribution < -0.4 is 15.1 Å². The monoisotopic (exact) mass is 492 g/mol. The van der Waals surface area contributed by atoms with Crippen LogP contribution in [0.15, 0.2) is 30.9 Å². The summed E-state index contributed by atoms with van der Waals surface area (Å²) in [6.45, 7) is 12.1. The molecule has 3 amide bonds. The fourth-order valence-electron chi connectivity index (χ4n) is 4.81. The van der Waals surface area contributed by atoms with Gasteiger partial charge in [-0.25, -0.2) is 24.1 Å². The van der Waals surface area contributed by atoms with Crippen LogP contribution in [0.3, 0.4) is 0 Å². The van der Waals surface area contributed by atoms with Crippen molar-refractivity contribution >= 4 is 35.0 Å². The SMILES string of the molecule is Cc1cc2ncnn2cc1NC(=O)N1CCc2c(N3CCN(C(=O)OC(C)(C)C)[C@H](C)C3)ccnc21. The molecule has 1 N–H and O–H groups in total. The number of carbonyl (C=O) groups excluding carboxylic acids is 2. The first kappa shape index (κ1) is 23.8. The molecule has 1 atom stereocenters. The van der Waals surface area contributed by atoms with E-state index in [4.69, 9.17) is 4.74 Å². The predicted octanol–water partition coefficient (Wildman–Crippen LogP) is 3.47. The molecule has 190 valence electrons. The minimum absolute atomic E-state index is 0.00658. The predicted molar refractivity (Wildman–Crippen MR) is 137 cm³/mol. The average Bonchev–Trinajstić information content (AvgIpc) is 3.44. The van der Waals surface area contributed by atoms with E-state index in [0.29, 0.717) is 44.1 Å². The van der Waals surface area contributed by atoms with Gasteiger partial charge in [0.25, 0.3) is 0 Å². The number of hydrogen-bond donors (Lipinski definition) is 1. The van der Waals surface area contributed by atoms with Crippen molar-refractivity contribution < 1.29 is 14.3 Å². The number of fused-ring (bicyclic) bond motifs is 2. The van der Waals surface area contributed by atoms with Gasteiger partial charge < -0.3 is 19.9 Å². The molecule has 2 aliphatic rings. The number of rotatable bonds is 2. The van der Waals surface area contributed by atoms with Crippen molar-refractivity contribution in [3.8, 4) is 0 Å². The van der Waals surface area contributed by atoms with Crippen LogP contribution in [0.25, 0.3) is 5.65 Å². The lowest BCUT2D eigenvalue weighted by atomic mass is 10.1. The molecule has 0 bridgehead atoms. The van der Waals surface area contributed by atoms with Gasteiger partial charge in [0.15, 0.2) is 5.65 Å². The second kappa shape index (κ2) is 8.96. The van der Waals surface area contributed by atoms with Crippen LogP contribution in [-0.2, 0) is 11.2 Å². The summed E-state index contributed by atoms with van der Waals surface area (Å²) in [4.78, 5) is 40.3. The maximum absolute atomic E-state index is 13.2. The van der Waals surface area contributed by atoms with Crippen molar-refractivity contribution in [2.75, 3.05) is 41.3 Å². The third kappa shape index (κ3) is 4.52. The number of carbonyl (C=O) groups is 2. The Bertz CT molecular complexity index is 1310. The van der Waals surface area contributed by atoms with E-state index in [2.05, 4.69) is 25.3 Å². The van der Waals surface area contributed by atoms with Crippen molar-refractivity contribution in [1.82, 2.24) is 24.5 Å². The Labute approximate surface area is 210 Å². The van der Waals surface area contributed by atoms with Gasteiger partial charge in [-0.2, -0.15) is 5.10 Å². The molecule has 1 saturated heterocycles. The number of piperazine rings is 1. The van der Waals surface area contributed by atoms with E-state index in [-0.39, 0.29) is 18.2 Å². The number of ether oxygens (including phenoxy) is 1. The highest BCUT2D eigenvalue weighted by molar-refractivity contribution is 6.03. The number of urea groups is 1. The average molecular weight is 493 g/mol. The van der Waals surface area contributed by atoms with Crippen molar-refractivity contribution in [3.05, 3.63) is 42.0 Å². The zero-order valence-electron chi connectivity index (χ0n) is 21.4. The molecule has 0 aliphatic carbocycles. The second-order valence-corrected chi connectivity index (χ2v) is 10.4. The molecule has 0 saturated carbocycles. The summed E-state index contributed by atoms with van der Waals surface area (Å²) in [6, 6.07) is 3.64. The Morgan fingerprint density at radius 1 is 1.17 bits per heavy atom. The molecule has 36 heavy (non-hydrogen) atoms. The van der Waals surface area contributed by atoms with Crippen LogP contribution in [0.4, 0.5) is 26.8 Å². The van der Waals surface area contributed by atoms with E-state index in [1.807, 2.05) is 46.8 Å². The highest BCUT2D eigenvalue weighted by atomic mass is 16.6. The van der Waals surface area contributed by atoms with Gasteiger partial charge in [0, 0.05) is 49.7 Å². The molecule has 11 nitrogen and oxygen atoms in total. The van der Waals surface area contributed by atoms with Gasteiger partial charge >= 0.3 is 12.1 Å². The normalized spacial score (nSPS) is 17.9. The van der Waals surface area contributed by atoms with Crippen LogP contribution in [-0.4, -0.2) is 74.4 Å². The standard InChI is InChI=1S/C25H32N8O3/c1-16-12-21-27-15-28-33(21)14-19(16)29-23(34)32-9-7-18-20(6-8-26-22(18)32)30-10-11-31(17(2)13-30)24(35)36-25(3,4)5/h6,8,12,14-15,17H,7,9-11,13H2,1-5H3,(H,29,34)/t17-/m1/s1. The minimum Gasteiger partial charge on any atom is -0.444 e. The summed E-state index contributed by atoms with van der Waals surface area (Å²) < 4.78 is 7.21. The number of nitrogens with zero attached hydrogens (tertiary/aromatic N) is 7. The molecule has 11 heteroatoms. The largest absolute Gasteiger partial charge is 0.444 e. The van der Waals surface area contributed by atoms with Crippen molar-refractivity contribution in [2.24, 2.45) is 0 Å². The fourth-order valence-corrected chi connectivity index (χ4v) is 4.81. The molecule has 2 aliphatic heterocycles. The summed E-state index contributed by atoms with van der Waals surface area (Å²) in [5, 5.41) is 7.16. The number of aromatic nitrogens is 4. The quantitative estimate of drug-likeness (QED) is 0.583. The van der Waals surface area contributed by atoms with Crippen molar-refractivity contribution in [2.45, 2.75) is 52.7 Å². The third-order valence-electron chi connectivity index (χ3n) is 6.55. The second-order valence-electron chi connectivity index (χ2n) is 10.4. The molecule has 0 radical (unpaired) electrons. The third-order valence-corrected chi connectivity index (χ3v) is 6.55.